The van der Waals surface area contributed by atoms with Crippen LogP contribution < -0.4 is 5.32 Å². The zero-order valence-corrected chi connectivity index (χ0v) is 20.8. The van der Waals surface area contributed by atoms with Crippen molar-refractivity contribution in [3.05, 3.63) is 82.7 Å². The first-order chi connectivity index (χ1) is 16.3. The summed E-state index contributed by atoms with van der Waals surface area (Å²) in [5.74, 6) is -0.135. The lowest BCUT2D eigenvalue weighted by atomic mass is 10.1. The molecule has 0 aliphatic carbocycles. The first-order valence-corrected chi connectivity index (χ1v) is 13.2. The first-order valence-electron chi connectivity index (χ1n) is 11.8. The monoisotopic (exact) mass is 480 g/mol. The zero-order chi connectivity index (χ0) is 24.3. The Morgan fingerprint density at radius 2 is 1.65 bits per heavy atom. The Labute approximate surface area is 201 Å². The lowest BCUT2D eigenvalue weighted by molar-refractivity contribution is 0.0940. The van der Waals surface area contributed by atoms with E-state index in [1.165, 1.54) is 0 Å². The van der Waals surface area contributed by atoms with Crippen LogP contribution in [0.4, 0.5) is 0 Å². The third kappa shape index (κ3) is 5.08. The second-order valence-electron chi connectivity index (χ2n) is 8.93. The quantitative estimate of drug-likeness (QED) is 0.549. The van der Waals surface area contributed by atoms with E-state index in [-0.39, 0.29) is 11.9 Å². The number of rotatable bonds is 7. The van der Waals surface area contributed by atoms with Crippen LogP contribution in [0.15, 0.2) is 59.5 Å². The second kappa shape index (κ2) is 10.1. The Morgan fingerprint density at radius 1 is 1.00 bits per heavy atom. The van der Waals surface area contributed by atoms with Gasteiger partial charge in [-0.1, -0.05) is 48.9 Å². The minimum Gasteiger partial charge on any atom is -0.346 e. The number of aromatic nitrogens is 2. The van der Waals surface area contributed by atoms with Gasteiger partial charge in [0.05, 0.1) is 24.0 Å². The Balaban J connectivity index is 1.46. The van der Waals surface area contributed by atoms with Gasteiger partial charge in [-0.15, -0.1) is 0 Å². The van der Waals surface area contributed by atoms with Gasteiger partial charge < -0.3 is 5.32 Å². The van der Waals surface area contributed by atoms with E-state index in [4.69, 9.17) is 0 Å². The average molecular weight is 481 g/mol. The Morgan fingerprint density at radius 3 is 2.29 bits per heavy atom. The molecule has 1 aromatic heterocycles. The molecule has 1 atom stereocenters. The summed E-state index contributed by atoms with van der Waals surface area (Å²) in [5.41, 5.74) is 3.73. The summed E-state index contributed by atoms with van der Waals surface area (Å²) in [4.78, 5) is 13.0. The van der Waals surface area contributed by atoms with Crippen molar-refractivity contribution in [2.24, 2.45) is 0 Å². The summed E-state index contributed by atoms with van der Waals surface area (Å²) >= 11 is 0. The topological polar surface area (TPSA) is 84.3 Å². The fraction of sp³-hybridized carbons (Fsp3) is 0.385. The van der Waals surface area contributed by atoms with Gasteiger partial charge in [0.2, 0.25) is 10.0 Å². The number of nitrogens with one attached hydrogen (secondary N) is 1. The maximum atomic E-state index is 13.2. The standard InChI is InChI=1S/C26H32N4O3S/c1-19(23-10-6-4-7-11-23)27-26(31)24-14-12-22(13-15-24)18-30-21(3)25(20(2)28-30)34(32,33)29-16-8-5-9-17-29/h4,6-7,10-15,19H,5,8-9,16-18H2,1-3H3,(H,27,31)/t19-/m0/s1. The SMILES string of the molecule is Cc1nn(Cc2ccc(C(=O)N[C@@H](C)c3ccccc3)cc2)c(C)c1S(=O)(=O)N1CCCCC1. The van der Waals surface area contributed by atoms with E-state index < -0.39 is 10.0 Å². The highest BCUT2D eigenvalue weighted by Crippen LogP contribution is 2.26. The van der Waals surface area contributed by atoms with Crippen molar-refractivity contribution < 1.29 is 13.2 Å². The third-order valence-electron chi connectivity index (χ3n) is 6.42. The molecule has 8 heteroatoms. The van der Waals surface area contributed by atoms with Gasteiger partial charge in [-0.05, 0) is 56.9 Å². The number of sulfonamides is 1. The van der Waals surface area contributed by atoms with Crippen molar-refractivity contribution >= 4 is 15.9 Å². The summed E-state index contributed by atoms with van der Waals surface area (Å²) in [5, 5.41) is 7.55. The van der Waals surface area contributed by atoms with Gasteiger partial charge in [-0.25, -0.2) is 8.42 Å². The highest BCUT2D eigenvalue weighted by atomic mass is 32.2. The van der Waals surface area contributed by atoms with Crippen LogP contribution in [0.25, 0.3) is 0 Å². The molecule has 0 spiro atoms. The summed E-state index contributed by atoms with van der Waals surface area (Å²) < 4.78 is 29.8. The minimum absolute atomic E-state index is 0.0941. The molecule has 2 aromatic carbocycles. The maximum absolute atomic E-state index is 13.2. The Hall–Kier alpha value is -2.97. The molecule has 0 unspecified atom stereocenters. The highest BCUT2D eigenvalue weighted by molar-refractivity contribution is 7.89. The van der Waals surface area contributed by atoms with Crippen molar-refractivity contribution in [3.63, 3.8) is 0 Å². The Bertz CT molecular complexity index is 1250. The van der Waals surface area contributed by atoms with Gasteiger partial charge in [0.25, 0.3) is 5.91 Å². The average Bonchev–Trinajstić information content (AvgIpc) is 3.13. The van der Waals surface area contributed by atoms with E-state index in [0.29, 0.717) is 41.5 Å². The van der Waals surface area contributed by atoms with Gasteiger partial charge in [-0.2, -0.15) is 9.40 Å². The molecule has 4 rings (SSSR count). The molecule has 0 radical (unpaired) electrons. The molecule has 34 heavy (non-hydrogen) atoms. The third-order valence-corrected chi connectivity index (χ3v) is 8.58. The van der Waals surface area contributed by atoms with Crippen molar-refractivity contribution in [1.29, 1.82) is 0 Å². The van der Waals surface area contributed by atoms with Crippen LogP contribution in [0.3, 0.4) is 0 Å². The minimum atomic E-state index is -3.55. The Kier molecular flexibility index (Phi) is 7.19. The molecule has 1 aliphatic heterocycles. The molecule has 0 saturated carbocycles. The fourth-order valence-corrected chi connectivity index (χ4v) is 6.37. The molecule has 3 aromatic rings. The van der Waals surface area contributed by atoms with E-state index in [2.05, 4.69) is 10.4 Å². The maximum Gasteiger partial charge on any atom is 0.251 e. The zero-order valence-electron chi connectivity index (χ0n) is 20.0. The fourth-order valence-electron chi connectivity index (χ4n) is 4.48. The number of amides is 1. The molecule has 1 saturated heterocycles. The number of hydrogen-bond donors (Lipinski definition) is 1. The molecule has 1 fully saturated rings. The summed E-state index contributed by atoms with van der Waals surface area (Å²) in [6.45, 7) is 7.09. The van der Waals surface area contributed by atoms with Gasteiger partial charge >= 0.3 is 0 Å². The van der Waals surface area contributed by atoms with Crippen LogP contribution in [0.1, 0.15) is 65.1 Å². The number of carbonyl (C=O) groups excluding carboxylic acids is 1. The van der Waals surface area contributed by atoms with E-state index in [1.807, 2.05) is 56.3 Å². The number of aryl methyl sites for hydroxylation is 1. The van der Waals surface area contributed by atoms with Crippen LogP contribution in [0.5, 0.6) is 0 Å². The molecular formula is C26H32N4O3S. The number of nitrogens with zero attached hydrogens (tertiary/aromatic N) is 3. The molecule has 1 amide bonds. The van der Waals surface area contributed by atoms with E-state index in [1.54, 1.807) is 28.0 Å². The second-order valence-corrected chi connectivity index (χ2v) is 10.8. The lowest BCUT2D eigenvalue weighted by Crippen LogP contribution is -2.36. The molecule has 1 aliphatic rings. The first kappa shape index (κ1) is 24.2. The summed E-state index contributed by atoms with van der Waals surface area (Å²) in [7, 11) is -3.55. The summed E-state index contributed by atoms with van der Waals surface area (Å²) in [6.07, 6.45) is 2.87. The highest BCUT2D eigenvalue weighted by Gasteiger charge is 2.31. The molecular weight excluding hydrogens is 448 g/mol. The molecule has 7 nitrogen and oxygen atoms in total. The normalized spacial score (nSPS) is 15.7. The van der Waals surface area contributed by atoms with Crippen LogP contribution in [-0.4, -0.2) is 41.5 Å². The molecule has 180 valence electrons. The number of hydrogen-bond acceptors (Lipinski definition) is 4. The van der Waals surface area contributed by atoms with E-state index >= 15 is 0 Å². The van der Waals surface area contributed by atoms with Crippen LogP contribution in [0, 0.1) is 13.8 Å². The molecule has 2 heterocycles. The number of benzene rings is 2. The largest absolute Gasteiger partial charge is 0.346 e. The predicted octanol–water partition coefficient (Wildman–Crippen LogP) is 4.21. The van der Waals surface area contributed by atoms with Gasteiger partial charge in [0.15, 0.2) is 0 Å². The molecule has 1 N–H and O–H groups in total. The van der Waals surface area contributed by atoms with Gasteiger partial charge in [0, 0.05) is 18.7 Å². The lowest BCUT2D eigenvalue weighted by Gasteiger charge is -2.26. The number of carbonyl (C=O) groups is 1. The van der Waals surface area contributed by atoms with Crippen LogP contribution in [0.2, 0.25) is 0 Å². The predicted molar refractivity (Wildman–Crippen MR) is 132 cm³/mol. The van der Waals surface area contributed by atoms with Crippen molar-refractivity contribution in [3.8, 4) is 0 Å². The van der Waals surface area contributed by atoms with Crippen molar-refractivity contribution in [2.75, 3.05) is 13.1 Å². The van der Waals surface area contributed by atoms with E-state index in [0.717, 1.165) is 30.4 Å². The van der Waals surface area contributed by atoms with Crippen LogP contribution >= 0.6 is 0 Å². The van der Waals surface area contributed by atoms with Gasteiger partial charge in [0.1, 0.15) is 4.90 Å². The van der Waals surface area contributed by atoms with Crippen molar-refractivity contribution in [2.45, 2.75) is 57.5 Å². The summed E-state index contributed by atoms with van der Waals surface area (Å²) in [6, 6.07) is 17.1. The van der Waals surface area contributed by atoms with Crippen LogP contribution in [-0.2, 0) is 16.6 Å². The van der Waals surface area contributed by atoms with Crippen molar-refractivity contribution in [1.82, 2.24) is 19.4 Å². The number of piperidine rings is 1. The van der Waals surface area contributed by atoms with Gasteiger partial charge in [-0.3, -0.25) is 9.48 Å². The van der Waals surface area contributed by atoms with E-state index in [9.17, 15) is 13.2 Å². The smallest absolute Gasteiger partial charge is 0.251 e. The molecule has 0 bridgehead atoms.